The first kappa shape index (κ1) is 38.3. The molecule has 0 atom stereocenters. The molecule has 0 aromatic heterocycles. The molecule has 0 aliphatic rings. The molecule has 2 nitrogen and oxygen atoms in total. The van der Waals surface area contributed by atoms with Crippen molar-refractivity contribution in [1.29, 1.82) is 0 Å². The van der Waals surface area contributed by atoms with E-state index in [2.05, 4.69) is 55.4 Å². The molecule has 0 aromatic rings. The molecule has 4 heteroatoms. The van der Waals surface area contributed by atoms with Crippen molar-refractivity contribution in [3.63, 3.8) is 0 Å². The fraction of sp³-hybridized carbons (Fsp3) is 0.971. The maximum absolute atomic E-state index is 14.6. The van der Waals surface area contributed by atoms with Gasteiger partial charge in [0.2, 0.25) is 0 Å². The summed E-state index contributed by atoms with van der Waals surface area (Å²) >= 11 is 0. The van der Waals surface area contributed by atoms with Gasteiger partial charge < -0.3 is 0 Å². The molecule has 0 bridgehead atoms. The van der Waals surface area contributed by atoms with Gasteiger partial charge in [-0.2, -0.15) is 0 Å². The van der Waals surface area contributed by atoms with Gasteiger partial charge in [0.1, 0.15) is 0 Å². The van der Waals surface area contributed by atoms with Crippen molar-refractivity contribution in [3.8, 4) is 0 Å². The fourth-order valence-electron chi connectivity index (χ4n) is 7.18. The average Bonchev–Trinajstić information content (AvgIpc) is 2.93. The second-order valence-electron chi connectivity index (χ2n) is 13.3. The van der Waals surface area contributed by atoms with Crippen molar-refractivity contribution in [2.45, 2.75) is 158 Å². The van der Waals surface area contributed by atoms with Crippen molar-refractivity contribution >= 4 is 19.4 Å². The van der Waals surface area contributed by atoms with Crippen LogP contribution in [-0.4, -0.2) is 61.4 Å². The third kappa shape index (κ3) is 12.5. The summed E-state index contributed by atoms with van der Waals surface area (Å²) in [4.78, 5) is 14.6. The van der Waals surface area contributed by atoms with E-state index in [4.69, 9.17) is 4.52 Å². The summed E-state index contributed by atoms with van der Waals surface area (Å²) in [7, 11) is 0. The Balaban J connectivity index is 6.76. The Hall–Kier alpha value is 0.330. The minimum absolute atomic E-state index is 0.263. The van der Waals surface area contributed by atoms with Gasteiger partial charge in [0, 0.05) is 0 Å². The van der Waals surface area contributed by atoms with Gasteiger partial charge >= 0.3 is 242 Å². The summed E-state index contributed by atoms with van der Waals surface area (Å²) in [6.45, 7) is 13.9. The van der Waals surface area contributed by atoms with Crippen LogP contribution in [0.25, 0.3) is 0 Å². The Morgan fingerprint density at radius 1 is 0.421 bits per heavy atom. The molecule has 232 valence electrons. The van der Waals surface area contributed by atoms with Crippen LogP contribution in [0.3, 0.4) is 0 Å². The van der Waals surface area contributed by atoms with Gasteiger partial charge in [0.05, 0.1) is 0 Å². The van der Waals surface area contributed by atoms with E-state index >= 15 is 0 Å². The average molecular weight is 577 g/mol. The van der Waals surface area contributed by atoms with Crippen LogP contribution in [0.1, 0.15) is 158 Å². The van der Waals surface area contributed by atoms with Crippen LogP contribution in [0.2, 0.25) is 0 Å². The first-order valence-electron chi connectivity index (χ1n) is 17.4. The van der Waals surface area contributed by atoms with Gasteiger partial charge in [-0.1, -0.05) is 0 Å². The zero-order valence-corrected chi connectivity index (χ0v) is 29.7. The second-order valence-corrected chi connectivity index (χ2v) is 25.6. The molecule has 0 spiro atoms. The monoisotopic (exact) mass is 577 g/mol. The first-order chi connectivity index (χ1) is 18.2. The summed E-state index contributed by atoms with van der Waals surface area (Å²) in [5, 5.41) is 0. The van der Waals surface area contributed by atoms with E-state index in [0.29, 0.717) is 0 Å². The van der Waals surface area contributed by atoms with E-state index in [-0.39, 0.29) is 5.97 Å². The van der Waals surface area contributed by atoms with Crippen molar-refractivity contribution in [1.82, 2.24) is 0 Å². The molecule has 0 radical (unpaired) electrons. The molecule has 38 heavy (non-hydrogen) atoms. The number of hydrogen-bond acceptors (Lipinski definition) is 2. The molecule has 0 N–H and O–H groups in total. The fourth-order valence-corrected chi connectivity index (χ4v) is 21.7. The molecule has 0 saturated heterocycles. The summed E-state index contributed by atoms with van der Waals surface area (Å²) in [6.07, 6.45) is 30.8. The van der Waals surface area contributed by atoms with Crippen molar-refractivity contribution < 1.29 is 9.32 Å². The standard InChI is InChI=1S/C34H74O2P2/c1-9-17-25-37(26-18-10-2,27-19-11-3,28-20-12-4)33-34(35)36-38(29-21-13-5,30-22-14-6,31-23-15-7)32-24-16-8/h9-33H2,1-8H3. The molecule has 0 fully saturated rings. The molecular formula is C34H74O2P2. The topological polar surface area (TPSA) is 26.3 Å². The molecule has 0 aliphatic carbocycles. The number of unbranched alkanes of at least 4 members (excludes halogenated alkanes) is 8. The Labute approximate surface area is 241 Å². The van der Waals surface area contributed by atoms with E-state index in [1.54, 1.807) is 0 Å². The van der Waals surface area contributed by atoms with Gasteiger partial charge in [-0.15, -0.1) is 0 Å². The van der Waals surface area contributed by atoms with Gasteiger partial charge in [-0.05, 0) is 0 Å². The van der Waals surface area contributed by atoms with E-state index in [0.717, 1.165) is 6.16 Å². The Kier molecular flexibility index (Phi) is 20.4. The van der Waals surface area contributed by atoms with Crippen LogP contribution < -0.4 is 0 Å². The number of hydrogen-bond donors (Lipinski definition) is 0. The summed E-state index contributed by atoms with van der Waals surface area (Å²) in [5.74, 6) is 0.263. The van der Waals surface area contributed by atoms with E-state index in [1.165, 1.54) is 152 Å². The van der Waals surface area contributed by atoms with E-state index in [9.17, 15) is 4.79 Å². The van der Waals surface area contributed by atoms with Crippen molar-refractivity contribution in [2.24, 2.45) is 0 Å². The first-order valence-corrected chi connectivity index (χ1v) is 23.5. The normalized spacial score (nSPS) is 14.5. The zero-order chi connectivity index (χ0) is 28.9. The molecule has 0 rings (SSSR count). The van der Waals surface area contributed by atoms with Crippen LogP contribution >= 0.6 is 13.4 Å². The van der Waals surface area contributed by atoms with Crippen LogP contribution in [-0.2, 0) is 9.32 Å². The molecule has 0 amide bonds. The Bertz CT molecular complexity index is 466. The van der Waals surface area contributed by atoms with Crippen molar-refractivity contribution in [3.05, 3.63) is 0 Å². The van der Waals surface area contributed by atoms with Gasteiger partial charge in [0.15, 0.2) is 0 Å². The van der Waals surface area contributed by atoms with Crippen LogP contribution in [0.5, 0.6) is 0 Å². The summed E-state index contributed by atoms with van der Waals surface area (Å²) in [6, 6.07) is 0. The zero-order valence-electron chi connectivity index (χ0n) is 27.9. The predicted octanol–water partition coefficient (Wildman–Crippen LogP) is 12.0. The molecule has 0 heterocycles. The number of carbonyl (C=O) groups is 1. The Morgan fingerprint density at radius 3 is 0.895 bits per heavy atom. The quantitative estimate of drug-likeness (QED) is 0.0909. The van der Waals surface area contributed by atoms with Crippen LogP contribution in [0, 0.1) is 0 Å². The van der Waals surface area contributed by atoms with Crippen LogP contribution in [0.4, 0.5) is 0 Å². The van der Waals surface area contributed by atoms with E-state index < -0.39 is 13.4 Å². The second kappa shape index (κ2) is 20.2. The molecular weight excluding hydrogens is 502 g/mol. The van der Waals surface area contributed by atoms with Crippen molar-refractivity contribution in [2.75, 3.05) is 55.5 Å². The van der Waals surface area contributed by atoms with Gasteiger partial charge in [-0.25, -0.2) is 0 Å². The maximum atomic E-state index is 14.6. The molecule has 0 aliphatic heterocycles. The molecule has 0 unspecified atom stereocenters. The number of rotatable bonds is 27. The molecule has 0 aromatic carbocycles. The minimum atomic E-state index is -2.59. The summed E-state index contributed by atoms with van der Waals surface area (Å²) in [5.41, 5.74) is 0. The Morgan fingerprint density at radius 2 is 0.658 bits per heavy atom. The SMILES string of the molecule is CCCCP(CCCC)(CCCC)(CCCC)CC(=O)OP(CCCC)(CCCC)(CCCC)CCCC. The third-order valence-electron chi connectivity index (χ3n) is 9.82. The predicted molar refractivity (Wildman–Crippen MR) is 183 cm³/mol. The van der Waals surface area contributed by atoms with Gasteiger partial charge in [-0.3, -0.25) is 0 Å². The van der Waals surface area contributed by atoms with Crippen LogP contribution in [0.15, 0.2) is 0 Å². The third-order valence-corrected chi connectivity index (χ3v) is 23.8. The van der Waals surface area contributed by atoms with E-state index in [1.807, 2.05) is 0 Å². The summed E-state index contributed by atoms with van der Waals surface area (Å²) < 4.78 is 7.36. The molecule has 0 saturated carbocycles. The van der Waals surface area contributed by atoms with Gasteiger partial charge in [0.25, 0.3) is 0 Å². The number of carbonyl (C=O) groups excluding carboxylic acids is 1.